The quantitative estimate of drug-likeness (QED) is 0.601. The number of amides is 1. The maximum atomic E-state index is 12.4. The lowest BCUT2D eigenvalue weighted by Crippen LogP contribution is -2.22. The lowest BCUT2D eigenvalue weighted by Gasteiger charge is -2.14. The molecule has 2 heterocycles. The fourth-order valence-electron chi connectivity index (χ4n) is 3.68. The highest BCUT2D eigenvalue weighted by molar-refractivity contribution is 5.93. The van der Waals surface area contributed by atoms with Crippen LogP contribution in [0.2, 0.25) is 0 Å². The Hall–Kier alpha value is -2.77. The van der Waals surface area contributed by atoms with Crippen LogP contribution < -0.4 is 20.1 Å². The Morgan fingerprint density at radius 2 is 1.45 bits per heavy atom. The van der Waals surface area contributed by atoms with Crippen molar-refractivity contribution in [2.45, 2.75) is 37.9 Å². The van der Waals surface area contributed by atoms with E-state index in [-0.39, 0.29) is 24.7 Å². The van der Waals surface area contributed by atoms with Crippen molar-refractivity contribution in [1.29, 1.82) is 0 Å². The van der Waals surface area contributed by atoms with E-state index in [9.17, 15) is 4.79 Å². The molecule has 7 heteroatoms. The summed E-state index contributed by atoms with van der Waals surface area (Å²) in [6.45, 7) is 2.85. The van der Waals surface area contributed by atoms with Crippen molar-refractivity contribution in [3.63, 3.8) is 0 Å². The first-order valence-corrected chi connectivity index (χ1v) is 11.0. The summed E-state index contributed by atoms with van der Waals surface area (Å²) in [5.74, 6) is 1.34. The Balaban J connectivity index is 1.21. The van der Waals surface area contributed by atoms with Crippen LogP contribution >= 0.6 is 0 Å². The molecule has 0 bridgehead atoms. The van der Waals surface area contributed by atoms with Crippen molar-refractivity contribution >= 4 is 17.3 Å². The Bertz CT molecular complexity index is 847. The van der Waals surface area contributed by atoms with E-state index < -0.39 is 0 Å². The minimum Gasteiger partial charge on any atom is -0.491 e. The van der Waals surface area contributed by atoms with Crippen LogP contribution in [0.5, 0.6) is 11.5 Å². The molecule has 2 saturated heterocycles. The number of benzene rings is 2. The molecule has 2 N–H and O–H groups in total. The summed E-state index contributed by atoms with van der Waals surface area (Å²) in [5.41, 5.74) is 1.53. The molecule has 31 heavy (non-hydrogen) atoms. The second-order valence-corrected chi connectivity index (χ2v) is 7.85. The summed E-state index contributed by atoms with van der Waals surface area (Å²) in [7, 11) is 0. The van der Waals surface area contributed by atoms with E-state index in [0.29, 0.717) is 18.9 Å². The number of carbonyl (C=O) groups excluding carboxylic acids is 1. The van der Waals surface area contributed by atoms with Crippen LogP contribution in [0.1, 0.15) is 25.7 Å². The standard InChI is InChI=1S/C24H30N2O5/c27-24(26-19-6-2-8-21(14-19)31-17-23-10-4-12-29-23)15-25-18-5-1-7-20(13-18)30-16-22-9-3-11-28-22/h1-2,5-8,13-14,22-23,25H,3-4,9-12,15-17H2,(H,26,27). The van der Waals surface area contributed by atoms with Crippen LogP contribution in [-0.2, 0) is 14.3 Å². The third-order valence-electron chi connectivity index (χ3n) is 5.32. The first kappa shape index (κ1) is 21.5. The van der Waals surface area contributed by atoms with Gasteiger partial charge in [-0.2, -0.15) is 0 Å². The SMILES string of the molecule is O=C(CNc1cccc(OCC2CCCO2)c1)Nc1cccc(OCC2CCCO2)c1. The van der Waals surface area contributed by atoms with E-state index in [1.165, 1.54) is 0 Å². The van der Waals surface area contributed by atoms with Crippen LogP contribution in [0, 0.1) is 0 Å². The second kappa shape index (κ2) is 11.0. The van der Waals surface area contributed by atoms with Crippen LogP contribution in [0.15, 0.2) is 48.5 Å². The minimum absolute atomic E-state index is 0.137. The number of nitrogens with one attached hydrogen (secondary N) is 2. The molecule has 2 aromatic rings. The van der Waals surface area contributed by atoms with E-state index >= 15 is 0 Å². The summed E-state index contributed by atoms with van der Waals surface area (Å²) >= 11 is 0. The number of hydrogen-bond donors (Lipinski definition) is 2. The van der Waals surface area contributed by atoms with Gasteiger partial charge in [0.1, 0.15) is 24.7 Å². The molecule has 0 aliphatic carbocycles. The molecule has 2 fully saturated rings. The van der Waals surface area contributed by atoms with Gasteiger partial charge >= 0.3 is 0 Å². The van der Waals surface area contributed by atoms with E-state index in [1.807, 2.05) is 48.5 Å². The van der Waals surface area contributed by atoms with Gasteiger partial charge in [0, 0.05) is 36.7 Å². The van der Waals surface area contributed by atoms with Crippen molar-refractivity contribution in [2.75, 3.05) is 43.6 Å². The molecular weight excluding hydrogens is 396 g/mol. The van der Waals surface area contributed by atoms with Crippen molar-refractivity contribution in [2.24, 2.45) is 0 Å². The molecule has 2 aromatic carbocycles. The molecular formula is C24H30N2O5. The van der Waals surface area contributed by atoms with Crippen LogP contribution in [-0.4, -0.2) is 51.1 Å². The third kappa shape index (κ3) is 6.87. The number of ether oxygens (including phenoxy) is 4. The average molecular weight is 427 g/mol. The molecule has 2 atom stereocenters. The fraction of sp³-hybridized carbons (Fsp3) is 0.458. The van der Waals surface area contributed by atoms with Gasteiger partial charge in [0.15, 0.2) is 0 Å². The zero-order valence-electron chi connectivity index (χ0n) is 17.7. The van der Waals surface area contributed by atoms with Crippen LogP contribution in [0.25, 0.3) is 0 Å². The maximum absolute atomic E-state index is 12.4. The first-order valence-electron chi connectivity index (χ1n) is 11.0. The van der Waals surface area contributed by atoms with Crippen LogP contribution in [0.3, 0.4) is 0 Å². The van der Waals surface area contributed by atoms with Gasteiger partial charge < -0.3 is 29.6 Å². The van der Waals surface area contributed by atoms with Crippen molar-refractivity contribution in [3.05, 3.63) is 48.5 Å². The second-order valence-electron chi connectivity index (χ2n) is 7.85. The van der Waals surface area contributed by atoms with Gasteiger partial charge in [-0.3, -0.25) is 4.79 Å². The van der Waals surface area contributed by atoms with Gasteiger partial charge in [0.2, 0.25) is 5.91 Å². The van der Waals surface area contributed by atoms with E-state index in [4.69, 9.17) is 18.9 Å². The monoisotopic (exact) mass is 426 g/mol. The normalized spacial score (nSPS) is 20.4. The lowest BCUT2D eigenvalue weighted by molar-refractivity contribution is -0.114. The van der Waals surface area contributed by atoms with Gasteiger partial charge in [0.25, 0.3) is 0 Å². The predicted octanol–water partition coefficient (Wildman–Crippen LogP) is 3.85. The van der Waals surface area contributed by atoms with E-state index in [2.05, 4.69) is 10.6 Å². The first-order chi connectivity index (χ1) is 15.2. The molecule has 1 amide bonds. The summed E-state index contributed by atoms with van der Waals surface area (Å²) in [6.07, 6.45) is 4.58. The molecule has 0 radical (unpaired) electrons. The highest BCUT2D eigenvalue weighted by Gasteiger charge is 2.17. The molecule has 4 rings (SSSR count). The van der Waals surface area contributed by atoms with Crippen molar-refractivity contribution in [1.82, 2.24) is 0 Å². The van der Waals surface area contributed by atoms with Gasteiger partial charge in [0.05, 0.1) is 18.8 Å². The third-order valence-corrected chi connectivity index (χ3v) is 5.32. The summed E-state index contributed by atoms with van der Waals surface area (Å²) < 4.78 is 22.8. The highest BCUT2D eigenvalue weighted by atomic mass is 16.5. The maximum Gasteiger partial charge on any atom is 0.243 e. The molecule has 2 unspecified atom stereocenters. The Morgan fingerprint density at radius 3 is 2.03 bits per heavy atom. The van der Waals surface area contributed by atoms with E-state index in [0.717, 1.165) is 56.1 Å². The highest BCUT2D eigenvalue weighted by Crippen LogP contribution is 2.21. The number of hydrogen-bond acceptors (Lipinski definition) is 6. The average Bonchev–Trinajstić information content (AvgIpc) is 3.50. The lowest BCUT2D eigenvalue weighted by atomic mass is 10.2. The van der Waals surface area contributed by atoms with Gasteiger partial charge in [-0.05, 0) is 49.9 Å². The molecule has 2 aliphatic rings. The van der Waals surface area contributed by atoms with Crippen molar-refractivity contribution in [3.8, 4) is 11.5 Å². The molecule has 166 valence electrons. The van der Waals surface area contributed by atoms with E-state index in [1.54, 1.807) is 0 Å². The molecule has 0 spiro atoms. The largest absolute Gasteiger partial charge is 0.491 e. The summed E-state index contributed by atoms with van der Waals surface area (Å²) in [4.78, 5) is 12.4. The molecule has 0 saturated carbocycles. The fourth-order valence-corrected chi connectivity index (χ4v) is 3.68. The summed E-state index contributed by atoms with van der Waals surface area (Å²) in [5, 5.41) is 6.04. The Labute approximate surface area is 183 Å². The molecule has 2 aliphatic heterocycles. The van der Waals surface area contributed by atoms with Crippen LogP contribution in [0.4, 0.5) is 11.4 Å². The van der Waals surface area contributed by atoms with Crippen molar-refractivity contribution < 1.29 is 23.7 Å². The van der Waals surface area contributed by atoms with Gasteiger partial charge in [-0.25, -0.2) is 0 Å². The minimum atomic E-state index is -0.137. The predicted molar refractivity (Wildman–Crippen MR) is 119 cm³/mol. The molecule has 0 aromatic heterocycles. The molecule has 7 nitrogen and oxygen atoms in total. The Kier molecular flexibility index (Phi) is 7.63. The Morgan fingerprint density at radius 1 is 0.871 bits per heavy atom. The number of anilines is 2. The summed E-state index contributed by atoms with van der Waals surface area (Å²) in [6, 6.07) is 15.0. The smallest absolute Gasteiger partial charge is 0.243 e. The number of rotatable bonds is 10. The zero-order valence-corrected chi connectivity index (χ0v) is 17.7. The number of carbonyl (C=O) groups is 1. The zero-order chi connectivity index (χ0) is 21.3. The van der Waals surface area contributed by atoms with Gasteiger partial charge in [-0.15, -0.1) is 0 Å². The topological polar surface area (TPSA) is 78.1 Å². The van der Waals surface area contributed by atoms with Gasteiger partial charge in [-0.1, -0.05) is 12.1 Å².